The predicted molar refractivity (Wildman–Crippen MR) is 168 cm³/mol. The second kappa shape index (κ2) is 13.1. The first-order valence-electron chi connectivity index (χ1n) is 13.8. The molecule has 3 aromatic carbocycles. The number of fused-ring (bicyclic) bond motifs is 1. The number of benzene rings is 3. The van der Waals surface area contributed by atoms with Gasteiger partial charge in [-0.15, -0.1) is 0 Å². The van der Waals surface area contributed by atoms with Crippen LogP contribution in [-0.2, 0) is 19.6 Å². The van der Waals surface area contributed by atoms with Crippen LogP contribution < -0.4 is 20.5 Å². The van der Waals surface area contributed by atoms with Crippen LogP contribution in [0.3, 0.4) is 0 Å². The van der Waals surface area contributed by atoms with Crippen LogP contribution in [0.15, 0.2) is 71.6 Å². The Morgan fingerprint density at radius 1 is 1.11 bits per heavy atom. The smallest absolute Gasteiger partial charge is 0.326 e. The maximum absolute atomic E-state index is 13.2. The van der Waals surface area contributed by atoms with E-state index in [1.165, 1.54) is 11.0 Å². The van der Waals surface area contributed by atoms with E-state index in [1.54, 1.807) is 61.5 Å². The molecule has 5 N–H and O–H groups in total. The number of thioether (sulfide) groups is 1. The van der Waals surface area contributed by atoms with Crippen LogP contribution in [0.2, 0.25) is 5.02 Å². The van der Waals surface area contributed by atoms with Crippen molar-refractivity contribution in [1.82, 2.24) is 10.2 Å². The lowest BCUT2D eigenvalue weighted by atomic mass is 10.1. The number of carbonyl (C=O) groups is 4. The summed E-state index contributed by atoms with van der Waals surface area (Å²) in [6.07, 6.45) is -1.16. The van der Waals surface area contributed by atoms with E-state index >= 15 is 0 Å². The normalized spacial score (nSPS) is 20.0. The van der Waals surface area contributed by atoms with Crippen molar-refractivity contribution in [3.63, 3.8) is 0 Å². The van der Waals surface area contributed by atoms with E-state index in [4.69, 9.17) is 21.5 Å². The molecule has 0 bridgehead atoms. The van der Waals surface area contributed by atoms with Gasteiger partial charge >= 0.3 is 5.97 Å². The molecule has 12 nitrogen and oxygen atoms in total. The van der Waals surface area contributed by atoms with Gasteiger partial charge in [0.2, 0.25) is 21.0 Å². The van der Waals surface area contributed by atoms with Gasteiger partial charge < -0.3 is 25.4 Å². The monoisotopic (exact) mass is 672 g/mol. The number of carboxylic acid groups (broad SMARTS) is 1. The summed E-state index contributed by atoms with van der Waals surface area (Å²) >= 11 is 7.11. The third-order valence-electron chi connectivity index (χ3n) is 7.44. The number of nitrogens with two attached hydrogens (primary N) is 1. The van der Waals surface area contributed by atoms with Crippen LogP contribution in [0.1, 0.15) is 45.8 Å². The van der Waals surface area contributed by atoms with Gasteiger partial charge in [-0.1, -0.05) is 72.8 Å². The van der Waals surface area contributed by atoms with E-state index in [-0.39, 0.29) is 45.2 Å². The molecular formula is C30H29ClN4O8S2. The molecule has 3 aromatic rings. The van der Waals surface area contributed by atoms with E-state index in [0.717, 1.165) is 17.8 Å². The van der Waals surface area contributed by atoms with E-state index in [9.17, 15) is 32.7 Å². The summed E-state index contributed by atoms with van der Waals surface area (Å²) in [7, 11) is -4.13. The number of primary sulfonamides is 1. The molecule has 2 heterocycles. The van der Waals surface area contributed by atoms with Gasteiger partial charge in [0.25, 0.3) is 5.91 Å². The Morgan fingerprint density at radius 2 is 1.80 bits per heavy atom. The number of carboxylic acids is 1. The summed E-state index contributed by atoms with van der Waals surface area (Å²) < 4.78 is 29.6. The number of amides is 2. The van der Waals surface area contributed by atoms with Crippen LogP contribution in [-0.4, -0.2) is 65.8 Å². The number of rotatable bonds is 9. The number of aliphatic carboxylic acids is 1. The number of halogens is 1. The number of nitrogens with zero attached hydrogens (tertiary/aromatic N) is 1. The Hall–Kier alpha value is -4.11. The second-order valence-corrected chi connectivity index (χ2v) is 13.6. The fourth-order valence-electron chi connectivity index (χ4n) is 5.15. The Labute approximate surface area is 268 Å². The summed E-state index contributed by atoms with van der Waals surface area (Å²) in [5.74, 6) is -1.98. The highest BCUT2D eigenvalue weighted by molar-refractivity contribution is 8.14. The molecule has 0 radical (unpaired) electrons. The highest BCUT2D eigenvalue weighted by atomic mass is 35.5. The number of carbonyl (C=O) groups excluding carboxylic acids is 3. The van der Waals surface area contributed by atoms with E-state index < -0.39 is 46.1 Å². The molecule has 1 saturated heterocycles. The zero-order chi connectivity index (χ0) is 32.5. The van der Waals surface area contributed by atoms with Crippen LogP contribution >= 0.6 is 23.4 Å². The van der Waals surface area contributed by atoms with Gasteiger partial charge in [-0.3, -0.25) is 14.4 Å². The maximum Gasteiger partial charge on any atom is 0.326 e. The SMILES string of the molecule is CC(CSC(=O)c1ccccc1)C(=O)N1CC(Oc2ccc(C3NC(=O)c4cc(S(N)(=O)=O)c(Cl)cc4N3)cc2)C[C@H]1C(=O)O. The van der Waals surface area contributed by atoms with Gasteiger partial charge in [0.05, 0.1) is 22.8 Å². The largest absolute Gasteiger partial charge is 0.488 e. The van der Waals surface area contributed by atoms with Gasteiger partial charge in [-0.05, 0) is 29.8 Å². The quantitative estimate of drug-likeness (QED) is 0.262. The molecule has 0 saturated carbocycles. The molecule has 0 aromatic heterocycles. The zero-order valence-corrected chi connectivity index (χ0v) is 26.2. The summed E-state index contributed by atoms with van der Waals surface area (Å²) in [6, 6.07) is 16.8. The fraction of sp³-hybridized carbons (Fsp3) is 0.267. The lowest BCUT2D eigenvalue weighted by Gasteiger charge is -2.29. The van der Waals surface area contributed by atoms with E-state index in [2.05, 4.69) is 10.6 Å². The Balaban J connectivity index is 1.21. The van der Waals surface area contributed by atoms with E-state index in [1.807, 2.05) is 0 Å². The molecule has 45 heavy (non-hydrogen) atoms. The maximum atomic E-state index is 13.2. The zero-order valence-electron chi connectivity index (χ0n) is 23.8. The molecule has 2 amide bonds. The summed E-state index contributed by atoms with van der Waals surface area (Å²) in [5.41, 5.74) is 1.58. The molecule has 1 fully saturated rings. The first-order valence-corrected chi connectivity index (χ1v) is 16.7. The number of sulfonamides is 1. The molecule has 0 spiro atoms. The number of likely N-dealkylation sites (tertiary alicyclic amines) is 1. The minimum atomic E-state index is -4.13. The molecule has 5 rings (SSSR count). The van der Waals surface area contributed by atoms with Crippen molar-refractivity contribution >= 4 is 62.0 Å². The lowest BCUT2D eigenvalue weighted by molar-refractivity contribution is -0.149. The molecule has 15 heteroatoms. The summed E-state index contributed by atoms with van der Waals surface area (Å²) in [6.45, 7) is 1.74. The van der Waals surface area contributed by atoms with Gasteiger partial charge in [0.15, 0.2) is 0 Å². The van der Waals surface area contributed by atoms with Crippen molar-refractivity contribution in [3.8, 4) is 5.75 Å². The lowest BCUT2D eigenvalue weighted by Crippen LogP contribution is -2.43. The minimum absolute atomic E-state index is 0.0669. The summed E-state index contributed by atoms with van der Waals surface area (Å²) in [5, 5.41) is 20.6. The highest BCUT2D eigenvalue weighted by Crippen LogP contribution is 2.34. The van der Waals surface area contributed by atoms with Crippen molar-refractivity contribution in [3.05, 3.63) is 88.4 Å². The van der Waals surface area contributed by atoms with Crippen molar-refractivity contribution in [2.75, 3.05) is 17.6 Å². The van der Waals surface area contributed by atoms with Crippen molar-refractivity contribution in [1.29, 1.82) is 0 Å². The molecule has 2 aliphatic heterocycles. The van der Waals surface area contributed by atoms with Crippen LogP contribution in [0.5, 0.6) is 5.75 Å². The number of hydrogen-bond acceptors (Lipinski definition) is 9. The molecule has 236 valence electrons. The van der Waals surface area contributed by atoms with Gasteiger partial charge in [0.1, 0.15) is 29.0 Å². The Kier molecular flexibility index (Phi) is 9.39. The first-order chi connectivity index (χ1) is 21.3. The van der Waals surface area contributed by atoms with Crippen LogP contribution in [0.25, 0.3) is 0 Å². The molecule has 3 unspecified atom stereocenters. The molecule has 4 atom stereocenters. The topological polar surface area (TPSA) is 185 Å². The number of ether oxygens (including phenoxy) is 1. The van der Waals surface area contributed by atoms with Crippen LogP contribution in [0.4, 0.5) is 5.69 Å². The molecule has 2 aliphatic rings. The van der Waals surface area contributed by atoms with Gasteiger partial charge in [-0.2, -0.15) is 0 Å². The average molecular weight is 673 g/mol. The van der Waals surface area contributed by atoms with Gasteiger partial charge in [0, 0.05) is 23.7 Å². The average Bonchev–Trinajstić information content (AvgIpc) is 3.43. The summed E-state index contributed by atoms with van der Waals surface area (Å²) in [4.78, 5) is 51.4. The minimum Gasteiger partial charge on any atom is -0.488 e. The third kappa shape index (κ3) is 7.25. The van der Waals surface area contributed by atoms with Crippen molar-refractivity contribution in [2.45, 2.75) is 36.6 Å². The third-order valence-corrected chi connectivity index (χ3v) is 9.98. The molecular weight excluding hydrogens is 644 g/mol. The van der Waals surface area contributed by atoms with E-state index in [0.29, 0.717) is 22.6 Å². The predicted octanol–water partition coefficient (Wildman–Crippen LogP) is 3.48. The number of hydrogen-bond donors (Lipinski definition) is 4. The van der Waals surface area contributed by atoms with Gasteiger partial charge in [-0.25, -0.2) is 18.4 Å². The van der Waals surface area contributed by atoms with Crippen molar-refractivity contribution < 1.29 is 37.4 Å². The molecule has 0 aliphatic carbocycles. The standard InChI is InChI=1S/C30H29ClN4O8S2/c1-16(15-44-30(40)18-5-3-2-4-6-18)28(37)35-14-20(11-24(35)29(38)39)43-19-9-7-17(8-10-19)26-33-23-13-22(31)25(45(32,41)42)12-21(23)27(36)34-26/h2-10,12-13,16,20,24,26,33H,11,14-15H2,1H3,(H,34,36)(H,38,39)(H2,32,41,42)/t16?,20?,24-,26?/m0/s1. The van der Waals surface area contributed by atoms with Crippen molar-refractivity contribution in [2.24, 2.45) is 11.1 Å². The number of anilines is 1. The first kappa shape index (κ1) is 32.3. The fourth-order valence-corrected chi connectivity index (χ4v) is 7.10. The number of nitrogens with one attached hydrogen (secondary N) is 2. The Morgan fingerprint density at radius 3 is 2.44 bits per heavy atom. The Bertz CT molecular complexity index is 1760. The second-order valence-electron chi connectivity index (χ2n) is 10.7. The van der Waals surface area contributed by atoms with Crippen LogP contribution in [0, 0.1) is 5.92 Å². The highest BCUT2D eigenvalue weighted by Gasteiger charge is 2.42.